The molecule has 11 nitrogen and oxygen atoms in total. The van der Waals surface area contributed by atoms with Crippen LogP contribution in [0.3, 0.4) is 0 Å². The molecule has 0 aliphatic carbocycles. The molecule has 2 rings (SSSR count). The molecular formula is C20H38O11. The van der Waals surface area contributed by atoms with E-state index in [1.54, 1.807) is 0 Å². The molecule has 2 heterocycles. The molecule has 184 valence electrons. The Morgan fingerprint density at radius 3 is 1.90 bits per heavy atom. The fraction of sp³-hybridized carbons (Fsp3) is 1.00. The van der Waals surface area contributed by atoms with Gasteiger partial charge < -0.3 is 54.7 Å². The normalized spacial score (nSPS) is 37.9. The molecule has 2 aliphatic heterocycles. The third-order valence-corrected chi connectivity index (χ3v) is 5.69. The molecule has 0 bridgehead atoms. The minimum atomic E-state index is -1.56. The van der Waals surface area contributed by atoms with Crippen molar-refractivity contribution in [1.82, 2.24) is 0 Å². The van der Waals surface area contributed by atoms with Gasteiger partial charge in [-0.05, 0) is 6.42 Å². The molecule has 31 heavy (non-hydrogen) atoms. The number of ether oxygens (including phenoxy) is 4. The van der Waals surface area contributed by atoms with Gasteiger partial charge in [0.15, 0.2) is 12.6 Å². The van der Waals surface area contributed by atoms with Crippen LogP contribution in [0.5, 0.6) is 0 Å². The van der Waals surface area contributed by atoms with Gasteiger partial charge in [0.2, 0.25) is 0 Å². The smallest absolute Gasteiger partial charge is 0.187 e. The first-order chi connectivity index (χ1) is 14.8. The predicted octanol–water partition coefficient (Wildman–Crippen LogP) is -2.01. The van der Waals surface area contributed by atoms with Gasteiger partial charge in [0.25, 0.3) is 0 Å². The largest absolute Gasteiger partial charge is 0.394 e. The van der Waals surface area contributed by atoms with Crippen molar-refractivity contribution in [2.45, 2.75) is 107 Å². The van der Waals surface area contributed by atoms with Gasteiger partial charge in [-0.15, -0.1) is 0 Å². The number of hydrogen-bond acceptors (Lipinski definition) is 11. The second kappa shape index (κ2) is 13.3. The Hall–Kier alpha value is -0.440. The van der Waals surface area contributed by atoms with E-state index in [-0.39, 0.29) is 0 Å². The minimum Gasteiger partial charge on any atom is -0.394 e. The Kier molecular flexibility index (Phi) is 11.5. The van der Waals surface area contributed by atoms with E-state index in [0.29, 0.717) is 6.61 Å². The highest BCUT2D eigenvalue weighted by Crippen LogP contribution is 2.32. The van der Waals surface area contributed by atoms with Crippen molar-refractivity contribution >= 4 is 0 Å². The third kappa shape index (κ3) is 7.02. The highest BCUT2D eigenvalue weighted by atomic mass is 16.8. The highest BCUT2D eigenvalue weighted by Gasteiger charge is 2.53. The maximum atomic E-state index is 10.6. The number of hydrogen-bond donors (Lipinski definition) is 7. The van der Waals surface area contributed by atoms with Gasteiger partial charge in [0, 0.05) is 6.61 Å². The van der Waals surface area contributed by atoms with Gasteiger partial charge in [0.05, 0.1) is 13.2 Å². The van der Waals surface area contributed by atoms with Crippen molar-refractivity contribution in [3.8, 4) is 0 Å². The molecule has 11 heteroatoms. The number of aliphatic hydroxyl groups excluding tert-OH is 7. The zero-order valence-electron chi connectivity index (χ0n) is 17.9. The molecule has 0 unspecified atom stereocenters. The van der Waals surface area contributed by atoms with Gasteiger partial charge in [-0.25, -0.2) is 0 Å². The second-order valence-electron chi connectivity index (χ2n) is 8.15. The molecule has 0 aromatic rings. The van der Waals surface area contributed by atoms with Crippen LogP contribution in [-0.2, 0) is 18.9 Å². The average Bonchev–Trinajstić information content (AvgIpc) is 3.23. The summed E-state index contributed by atoms with van der Waals surface area (Å²) in [6, 6.07) is 0. The Balaban J connectivity index is 1.96. The molecule has 0 radical (unpaired) electrons. The van der Waals surface area contributed by atoms with Crippen LogP contribution in [-0.4, -0.2) is 117 Å². The van der Waals surface area contributed by atoms with Gasteiger partial charge in [-0.2, -0.15) is 0 Å². The monoisotopic (exact) mass is 454 g/mol. The van der Waals surface area contributed by atoms with Crippen LogP contribution in [0.2, 0.25) is 0 Å². The predicted molar refractivity (Wildman–Crippen MR) is 106 cm³/mol. The zero-order valence-corrected chi connectivity index (χ0v) is 17.9. The minimum absolute atomic E-state index is 0.313. The second-order valence-corrected chi connectivity index (χ2v) is 8.15. The van der Waals surface area contributed by atoms with Crippen molar-refractivity contribution in [3.63, 3.8) is 0 Å². The van der Waals surface area contributed by atoms with Crippen molar-refractivity contribution in [1.29, 1.82) is 0 Å². The maximum absolute atomic E-state index is 10.6. The van der Waals surface area contributed by atoms with Crippen LogP contribution < -0.4 is 0 Å². The summed E-state index contributed by atoms with van der Waals surface area (Å²) >= 11 is 0. The molecular weight excluding hydrogens is 416 g/mol. The lowest BCUT2D eigenvalue weighted by atomic mass is 10.1. The summed E-state index contributed by atoms with van der Waals surface area (Å²) in [4.78, 5) is 0. The lowest BCUT2D eigenvalue weighted by Crippen LogP contribution is -2.45. The molecule has 0 aromatic carbocycles. The first-order valence-electron chi connectivity index (χ1n) is 11.1. The first kappa shape index (κ1) is 26.8. The first-order valence-corrected chi connectivity index (χ1v) is 11.1. The number of unbranched alkanes of at least 4 members (excludes halogenated alkanes) is 5. The van der Waals surface area contributed by atoms with Crippen LogP contribution >= 0.6 is 0 Å². The van der Waals surface area contributed by atoms with E-state index in [1.807, 2.05) is 0 Å². The van der Waals surface area contributed by atoms with E-state index in [9.17, 15) is 30.6 Å². The van der Waals surface area contributed by atoms with Crippen molar-refractivity contribution < 1.29 is 54.7 Å². The SMILES string of the molecule is CCCCCCCCO[C@@H]1O[C@@H]([C@H](O)CO)[C@H](O)[C@H]1O[C@@H]1O[C@@H]([C@H](O)CO)[C@H](O)[C@H]1O. The van der Waals surface area contributed by atoms with Gasteiger partial charge in [-0.1, -0.05) is 39.0 Å². The van der Waals surface area contributed by atoms with E-state index in [4.69, 9.17) is 24.1 Å². The van der Waals surface area contributed by atoms with E-state index in [0.717, 1.165) is 32.1 Å². The van der Waals surface area contributed by atoms with Crippen molar-refractivity contribution in [2.24, 2.45) is 0 Å². The van der Waals surface area contributed by atoms with Crippen LogP contribution in [0, 0.1) is 0 Å². The molecule has 0 aromatic heterocycles. The fourth-order valence-corrected chi connectivity index (χ4v) is 3.80. The average molecular weight is 455 g/mol. The zero-order chi connectivity index (χ0) is 23.0. The summed E-state index contributed by atoms with van der Waals surface area (Å²) < 4.78 is 22.2. The third-order valence-electron chi connectivity index (χ3n) is 5.69. The van der Waals surface area contributed by atoms with Gasteiger partial charge >= 0.3 is 0 Å². The topological polar surface area (TPSA) is 179 Å². The molecule has 0 amide bonds. The van der Waals surface area contributed by atoms with Crippen molar-refractivity contribution in [3.05, 3.63) is 0 Å². The lowest BCUT2D eigenvalue weighted by molar-refractivity contribution is -0.250. The van der Waals surface area contributed by atoms with Crippen LogP contribution in [0.25, 0.3) is 0 Å². The van der Waals surface area contributed by atoms with E-state index < -0.39 is 74.6 Å². The summed E-state index contributed by atoms with van der Waals surface area (Å²) in [7, 11) is 0. The highest BCUT2D eigenvalue weighted by molar-refractivity contribution is 4.95. The quantitative estimate of drug-likeness (QED) is 0.144. The van der Waals surface area contributed by atoms with Crippen LogP contribution in [0.15, 0.2) is 0 Å². The Bertz CT molecular complexity index is 496. The molecule has 10 atom stereocenters. The van der Waals surface area contributed by atoms with Gasteiger partial charge in [0.1, 0.15) is 48.8 Å². The molecule has 0 spiro atoms. The van der Waals surface area contributed by atoms with Crippen LogP contribution in [0.4, 0.5) is 0 Å². The Labute approximate surface area is 182 Å². The van der Waals surface area contributed by atoms with Crippen LogP contribution in [0.1, 0.15) is 45.4 Å². The summed E-state index contributed by atoms with van der Waals surface area (Å²) in [5.74, 6) is 0. The molecule has 7 N–H and O–H groups in total. The lowest BCUT2D eigenvalue weighted by Gasteiger charge is -2.26. The number of rotatable bonds is 14. The summed E-state index contributed by atoms with van der Waals surface area (Å²) in [5.41, 5.74) is 0. The summed E-state index contributed by atoms with van der Waals surface area (Å²) in [6.45, 7) is 1.11. The Morgan fingerprint density at radius 1 is 0.742 bits per heavy atom. The van der Waals surface area contributed by atoms with E-state index >= 15 is 0 Å². The summed E-state index contributed by atoms with van der Waals surface area (Å²) in [5, 5.41) is 68.8. The van der Waals surface area contributed by atoms with E-state index in [1.165, 1.54) is 6.42 Å². The molecule has 2 saturated heterocycles. The molecule has 2 fully saturated rings. The molecule has 2 aliphatic rings. The number of aliphatic hydroxyl groups is 7. The Morgan fingerprint density at radius 2 is 1.29 bits per heavy atom. The van der Waals surface area contributed by atoms with Crippen molar-refractivity contribution in [2.75, 3.05) is 19.8 Å². The summed E-state index contributed by atoms with van der Waals surface area (Å²) in [6.07, 6.45) is -7.25. The van der Waals surface area contributed by atoms with E-state index in [2.05, 4.69) is 6.92 Å². The fourth-order valence-electron chi connectivity index (χ4n) is 3.80. The van der Waals surface area contributed by atoms with Gasteiger partial charge in [-0.3, -0.25) is 0 Å². The standard InChI is InChI=1S/C20H38O11/c1-2-3-4-5-6-7-8-28-20-18(15(27)17(30-20)12(24)10-22)31-19-14(26)13(25)16(29-19)11(23)9-21/h11-27H,2-10H2,1H3/t11-,12-,13-,14-,15+,16+,17+,18-,19+,20-/m1/s1. The molecule has 0 saturated carbocycles. The maximum Gasteiger partial charge on any atom is 0.187 e.